The molecule has 0 unspecified atom stereocenters. The van der Waals surface area contributed by atoms with Gasteiger partial charge in [0, 0.05) is 26.2 Å². The van der Waals surface area contributed by atoms with Crippen LogP contribution in [0.4, 0.5) is 0 Å². The minimum Gasteiger partial charge on any atom is -0.0795 e. The zero-order valence-corrected chi connectivity index (χ0v) is 9.97. The van der Waals surface area contributed by atoms with E-state index in [0.717, 1.165) is 6.42 Å². The molecule has 0 N–H and O–H groups in total. The van der Waals surface area contributed by atoms with Crippen molar-refractivity contribution in [1.29, 1.82) is 0 Å². The zero-order valence-electron chi connectivity index (χ0n) is 7.52. The summed E-state index contributed by atoms with van der Waals surface area (Å²) in [4.78, 5) is 0. The van der Waals surface area contributed by atoms with Crippen LogP contribution in [0.2, 0.25) is 0 Å². The SMILES string of the molecule is Cc1cc2c(cc1C)CC=C2.[Zr]. The molecule has 0 heterocycles. The fourth-order valence-electron chi connectivity index (χ4n) is 1.54. The summed E-state index contributed by atoms with van der Waals surface area (Å²) in [5.74, 6) is 0. The van der Waals surface area contributed by atoms with Crippen molar-refractivity contribution in [1.82, 2.24) is 0 Å². The quantitative estimate of drug-likeness (QED) is 0.649. The third kappa shape index (κ3) is 1.61. The molecule has 0 saturated heterocycles. The zero-order chi connectivity index (χ0) is 7.84. The first kappa shape index (κ1) is 9.93. The molecule has 0 radical (unpaired) electrons. The molecule has 1 aliphatic rings. The Bertz CT molecular complexity index is 324. The van der Waals surface area contributed by atoms with Crippen LogP contribution in [-0.2, 0) is 32.6 Å². The van der Waals surface area contributed by atoms with Gasteiger partial charge in [-0.25, -0.2) is 0 Å². The number of hydrogen-bond donors (Lipinski definition) is 0. The van der Waals surface area contributed by atoms with Gasteiger partial charge in [0.15, 0.2) is 0 Å². The van der Waals surface area contributed by atoms with Crippen LogP contribution in [0.1, 0.15) is 22.3 Å². The Hall–Kier alpha value is -0.157. The van der Waals surface area contributed by atoms with Crippen molar-refractivity contribution in [2.24, 2.45) is 0 Å². The Morgan fingerprint density at radius 3 is 2.50 bits per heavy atom. The molecule has 0 fully saturated rings. The largest absolute Gasteiger partial charge is 0.0795 e. The fraction of sp³-hybridized carbons (Fsp3) is 0.273. The molecule has 2 rings (SSSR count). The van der Waals surface area contributed by atoms with E-state index in [1.165, 1.54) is 22.3 Å². The summed E-state index contributed by atoms with van der Waals surface area (Å²) >= 11 is 0. The van der Waals surface area contributed by atoms with Crippen LogP contribution in [-0.4, -0.2) is 0 Å². The molecular weight excluding hydrogens is 223 g/mol. The minimum absolute atomic E-state index is 0. The van der Waals surface area contributed by atoms with Crippen molar-refractivity contribution in [3.05, 3.63) is 40.5 Å². The molecule has 0 amide bonds. The second-order valence-electron chi connectivity index (χ2n) is 3.24. The van der Waals surface area contributed by atoms with Crippen molar-refractivity contribution >= 4 is 6.08 Å². The van der Waals surface area contributed by atoms with E-state index in [1.807, 2.05) is 0 Å². The first-order valence-electron chi connectivity index (χ1n) is 4.04. The van der Waals surface area contributed by atoms with Gasteiger partial charge < -0.3 is 0 Å². The summed E-state index contributed by atoms with van der Waals surface area (Å²) in [5.41, 5.74) is 5.70. The Morgan fingerprint density at radius 2 is 1.75 bits per heavy atom. The standard InChI is InChI=1S/C11H12.Zr/c1-8-6-10-4-3-5-11(10)7-9(8)2;/h3-4,6-7H,5H2,1-2H3;. The van der Waals surface area contributed by atoms with Crippen molar-refractivity contribution in [3.63, 3.8) is 0 Å². The second kappa shape index (κ2) is 3.70. The van der Waals surface area contributed by atoms with Gasteiger partial charge in [0.1, 0.15) is 0 Å². The second-order valence-corrected chi connectivity index (χ2v) is 3.24. The van der Waals surface area contributed by atoms with Crippen LogP contribution in [0.3, 0.4) is 0 Å². The van der Waals surface area contributed by atoms with Gasteiger partial charge in [0.2, 0.25) is 0 Å². The van der Waals surface area contributed by atoms with Crippen LogP contribution >= 0.6 is 0 Å². The van der Waals surface area contributed by atoms with Crippen LogP contribution < -0.4 is 0 Å². The maximum atomic E-state index is 2.30. The first-order valence-corrected chi connectivity index (χ1v) is 4.04. The molecule has 12 heavy (non-hydrogen) atoms. The van der Waals surface area contributed by atoms with Crippen molar-refractivity contribution in [2.75, 3.05) is 0 Å². The summed E-state index contributed by atoms with van der Waals surface area (Å²) in [5, 5.41) is 0. The molecule has 0 aromatic heterocycles. The monoisotopic (exact) mass is 234 g/mol. The molecule has 1 aliphatic carbocycles. The van der Waals surface area contributed by atoms with Gasteiger partial charge in [-0.1, -0.05) is 24.3 Å². The molecule has 1 aromatic rings. The fourth-order valence-corrected chi connectivity index (χ4v) is 1.54. The number of benzene rings is 1. The van der Waals surface area contributed by atoms with E-state index in [1.54, 1.807) is 0 Å². The number of aryl methyl sites for hydroxylation is 2. The van der Waals surface area contributed by atoms with Gasteiger partial charge in [-0.3, -0.25) is 0 Å². The molecule has 0 saturated carbocycles. The van der Waals surface area contributed by atoms with E-state index in [4.69, 9.17) is 0 Å². The van der Waals surface area contributed by atoms with E-state index in [0.29, 0.717) is 0 Å². The molecule has 1 aromatic carbocycles. The summed E-state index contributed by atoms with van der Waals surface area (Å²) in [6, 6.07) is 4.57. The van der Waals surface area contributed by atoms with Crippen molar-refractivity contribution < 1.29 is 26.2 Å². The molecule has 1 heteroatoms. The van der Waals surface area contributed by atoms with Gasteiger partial charge in [0.05, 0.1) is 0 Å². The van der Waals surface area contributed by atoms with Gasteiger partial charge >= 0.3 is 0 Å². The van der Waals surface area contributed by atoms with Crippen LogP contribution in [0.25, 0.3) is 6.08 Å². The molecule has 0 nitrogen and oxygen atoms in total. The normalized spacial score (nSPS) is 12.5. The Kier molecular flexibility index (Phi) is 3.06. The molecule has 60 valence electrons. The van der Waals surface area contributed by atoms with E-state index in [2.05, 4.69) is 38.1 Å². The van der Waals surface area contributed by atoms with E-state index in [9.17, 15) is 0 Å². The van der Waals surface area contributed by atoms with Crippen LogP contribution in [0.5, 0.6) is 0 Å². The maximum absolute atomic E-state index is 2.30. The summed E-state index contributed by atoms with van der Waals surface area (Å²) in [7, 11) is 0. The van der Waals surface area contributed by atoms with Gasteiger partial charge in [0.25, 0.3) is 0 Å². The average Bonchev–Trinajstić information content (AvgIpc) is 2.36. The minimum atomic E-state index is 0. The predicted molar refractivity (Wildman–Crippen MR) is 48.7 cm³/mol. The molecule has 0 spiro atoms. The average molecular weight is 235 g/mol. The number of fused-ring (bicyclic) bond motifs is 1. The van der Waals surface area contributed by atoms with Gasteiger partial charge in [-0.05, 0) is 42.5 Å². The van der Waals surface area contributed by atoms with Crippen molar-refractivity contribution in [3.8, 4) is 0 Å². The molecule has 0 aliphatic heterocycles. The van der Waals surface area contributed by atoms with E-state index in [-0.39, 0.29) is 26.2 Å². The Balaban J connectivity index is 0.000000720. The van der Waals surface area contributed by atoms with Crippen LogP contribution in [0.15, 0.2) is 18.2 Å². The molecule has 0 atom stereocenters. The molecular formula is C11H12Zr. The Morgan fingerprint density at radius 1 is 1.08 bits per heavy atom. The number of allylic oxidation sites excluding steroid dienone is 1. The third-order valence-electron chi connectivity index (χ3n) is 2.39. The summed E-state index contributed by atoms with van der Waals surface area (Å²) < 4.78 is 0. The first-order chi connectivity index (χ1) is 5.27. The predicted octanol–water partition coefficient (Wildman–Crippen LogP) is 2.87. The van der Waals surface area contributed by atoms with Crippen molar-refractivity contribution in [2.45, 2.75) is 20.3 Å². The van der Waals surface area contributed by atoms with Crippen LogP contribution in [0, 0.1) is 13.8 Å². The molecule has 0 bridgehead atoms. The number of hydrogen-bond acceptors (Lipinski definition) is 0. The van der Waals surface area contributed by atoms with E-state index >= 15 is 0 Å². The van der Waals surface area contributed by atoms with Gasteiger partial charge in [-0.2, -0.15) is 0 Å². The smallest absolute Gasteiger partial charge is 0 e. The van der Waals surface area contributed by atoms with E-state index < -0.39 is 0 Å². The number of rotatable bonds is 0. The summed E-state index contributed by atoms with van der Waals surface area (Å²) in [6.45, 7) is 4.34. The summed E-state index contributed by atoms with van der Waals surface area (Å²) in [6.07, 6.45) is 5.56. The van der Waals surface area contributed by atoms with Gasteiger partial charge in [-0.15, -0.1) is 0 Å². The topological polar surface area (TPSA) is 0 Å². The third-order valence-corrected chi connectivity index (χ3v) is 2.39. The maximum Gasteiger partial charge on any atom is 0 e. The Labute approximate surface area is 92.8 Å².